The van der Waals surface area contributed by atoms with Crippen LogP contribution < -0.4 is 0 Å². The summed E-state index contributed by atoms with van der Waals surface area (Å²) in [5.74, 6) is 0. The summed E-state index contributed by atoms with van der Waals surface area (Å²) in [4.78, 5) is 0. The summed E-state index contributed by atoms with van der Waals surface area (Å²) in [5.41, 5.74) is 0. The summed E-state index contributed by atoms with van der Waals surface area (Å²) in [6.45, 7) is 4.56. The van der Waals surface area contributed by atoms with Crippen LogP contribution >= 0.6 is 0 Å². The molecule has 0 spiro atoms. The third-order valence-corrected chi connectivity index (χ3v) is 2.71. The van der Waals surface area contributed by atoms with E-state index < -0.39 is 0 Å². The molecule has 0 amide bonds. The van der Waals surface area contributed by atoms with Crippen molar-refractivity contribution in [3.8, 4) is 0 Å². The number of hydrogen-bond donors (Lipinski definition) is 0. The third-order valence-electron chi connectivity index (χ3n) is 2.71. The molecule has 0 nitrogen and oxygen atoms in total. The molecule has 0 aromatic carbocycles. The Hall–Kier alpha value is 0.740. The SMILES string of the molecule is CCCCCCCCCCCCC.[Au]. The minimum Gasteiger partial charge on any atom is -0.0654 e. The average Bonchev–Trinajstić information content (AvgIpc) is 2.16. The van der Waals surface area contributed by atoms with Crippen molar-refractivity contribution in [1.29, 1.82) is 0 Å². The van der Waals surface area contributed by atoms with Gasteiger partial charge < -0.3 is 0 Å². The molecule has 0 N–H and O–H groups in total. The van der Waals surface area contributed by atoms with Crippen LogP contribution in [-0.4, -0.2) is 0 Å². The van der Waals surface area contributed by atoms with E-state index in [1.165, 1.54) is 70.6 Å². The van der Waals surface area contributed by atoms with Crippen molar-refractivity contribution < 1.29 is 22.4 Å². The van der Waals surface area contributed by atoms with Crippen molar-refractivity contribution in [3.63, 3.8) is 0 Å². The van der Waals surface area contributed by atoms with Crippen LogP contribution in [0, 0.1) is 0 Å². The van der Waals surface area contributed by atoms with Gasteiger partial charge in [-0.2, -0.15) is 0 Å². The van der Waals surface area contributed by atoms with Crippen LogP contribution in [0.15, 0.2) is 0 Å². The zero-order valence-electron chi connectivity index (χ0n) is 10.1. The zero-order chi connectivity index (χ0) is 9.78. The van der Waals surface area contributed by atoms with E-state index in [9.17, 15) is 0 Å². The van der Waals surface area contributed by atoms with Gasteiger partial charge in [-0.15, -0.1) is 0 Å². The first-order valence-electron chi connectivity index (χ1n) is 6.41. The van der Waals surface area contributed by atoms with Crippen molar-refractivity contribution in [3.05, 3.63) is 0 Å². The fourth-order valence-electron chi connectivity index (χ4n) is 1.74. The first-order valence-corrected chi connectivity index (χ1v) is 6.41. The predicted molar refractivity (Wildman–Crippen MR) is 62.1 cm³/mol. The topological polar surface area (TPSA) is 0 Å². The molecule has 91 valence electrons. The van der Waals surface area contributed by atoms with Gasteiger partial charge in [0.1, 0.15) is 0 Å². The van der Waals surface area contributed by atoms with Gasteiger partial charge in [-0.3, -0.25) is 0 Å². The normalized spacial score (nSPS) is 9.86. The molecule has 0 rings (SSSR count). The fourth-order valence-corrected chi connectivity index (χ4v) is 1.74. The van der Waals surface area contributed by atoms with Crippen LogP contribution in [-0.2, 0) is 22.4 Å². The van der Waals surface area contributed by atoms with E-state index in [-0.39, 0.29) is 22.4 Å². The Balaban J connectivity index is 0. The molecular formula is C13H28Au. The molecule has 1 radical (unpaired) electrons. The largest absolute Gasteiger partial charge is 0.0654 e. The number of rotatable bonds is 10. The smallest absolute Gasteiger partial charge is 0 e. The van der Waals surface area contributed by atoms with Crippen LogP contribution in [0.25, 0.3) is 0 Å². The monoisotopic (exact) mass is 381 g/mol. The maximum absolute atomic E-state index is 2.28. The maximum Gasteiger partial charge on any atom is 0 e. The molecule has 0 aliphatic heterocycles. The summed E-state index contributed by atoms with van der Waals surface area (Å²) in [7, 11) is 0. The first-order chi connectivity index (χ1) is 6.41. The third kappa shape index (κ3) is 15.2. The second-order valence-electron chi connectivity index (χ2n) is 4.18. The Bertz CT molecular complexity index is 71.3. The molecule has 0 bridgehead atoms. The molecule has 0 saturated heterocycles. The molecule has 0 aromatic heterocycles. The van der Waals surface area contributed by atoms with Crippen LogP contribution in [0.1, 0.15) is 84.5 Å². The molecule has 0 atom stereocenters. The van der Waals surface area contributed by atoms with Crippen LogP contribution in [0.2, 0.25) is 0 Å². The standard InChI is InChI=1S/C13H28.Au/c1-3-5-7-9-11-13-12-10-8-6-4-2;/h3-13H2,1-2H3;. The average molecular weight is 381 g/mol. The molecule has 0 aliphatic carbocycles. The number of unbranched alkanes of at least 4 members (excludes halogenated alkanes) is 10. The van der Waals surface area contributed by atoms with E-state index in [1.807, 2.05) is 0 Å². The van der Waals surface area contributed by atoms with Gasteiger partial charge >= 0.3 is 0 Å². The van der Waals surface area contributed by atoms with Crippen molar-refractivity contribution >= 4 is 0 Å². The fraction of sp³-hybridized carbons (Fsp3) is 1.00. The summed E-state index contributed by atoms with van der Waals surface area (Å²) >= 11 is 0. The molecule has 0 saturated carbocycles. The van der Waals surface area contributed by atoms with Gasteiger partial charge in [-0.05, 0) is 0 Å². The summed E-state index contributed by atoms with van der Waals surface area (Å²) in [6, 6.07) is 0. The van der Waals surface area contributed by atoms with E-state index >= 15 is 0 Å². The second kappa shape index (κ2) is 16.2. The predicted octanol–water partition coefficient (Wildman–Crippen LogP) is 5.31. The van der Waals surface area contributed by atoms with Crippen molar-refractivity contribution in [1.82, 2.24) is 0 Å². The van der Waals surface area contributed by atoms with Gasteiger partial charge in [-0.25, -0.2) is 0 Å². The van der Waals surface area contributed by atoms with Gasteiger partial charge in [-0.1, -0.05) is 84.5 Å². The minimum atomic E-state index is 0. The maximum atomic E-state index is 2.28. The summed E-state index contributed by atoms with van der Waals surface area (Å²) in [5, 5.41) is 0. The minimum absolute atomic E-state index is 0. The van der Waals surface area contributed by atoms with Gasteiger partial charge in [0.2, 0.25) is 0 Å². The van der Waals surface area contributed by atoms with E-state index in [4.69, 9.17) is 0 Å². The van der Waals surface area contributed by atoms with Crippen LogP contribution in [0.4, 0.5) is 0 Å². The molecule has 0 aromatic rings. The van der Waals surface area contributed by atoms with Crippen molar-refractivity contribution in [2.24, 2.45) is 0 Å². The van der Waals surface area contributed by atoms with Gasteiger partial charge in [0.25, 0.3) is 0 Å². The molecule has 0 aliphatic rings. The zero-order valence-corrected chi connectivity index (χ0v) is 12.2. The Morgan fingerprint density at radius 1 is 0.429 bits per heavy atom. The molecular weight excluding hydrogens is 353 g/mol. The molecule has 0 heterocycles. The van der Waals surface area contributed by atoms with E-state index in [2.05, 4.69) is 13.8 Å². The Morgan fingerprint density at radius 2 is 0.643 bits per heavy atom. The summed E-state index contributed by atoms with van der Waals surface area (Å²) < 4.78 is 0. The Labute approximate surface area is 107 Å². The molecule has 0 unspecified atom stereocenters. The quantitative estimate of drug-likeness (QED) is 0.355. The molecule has 14 heavy (non-hydrogen) atoms. The van der Waals surface area contributed by atoms with E-state index in [0.29, 0.717) is 0 Å². The van der Waals surface area contributed by atoms with Crippen molar-refractivity contribution in [2.45, 2.75) is 84.5 Å². The Morgan fingerprint density at radius 3 is 0.857 bits per heavy atom. The van der Waals surface area contributed by atoms with E-state index in [1.54, 1.807) is 0 Å². The van der Waals surface area contributed by atoms with E-state index in [0.717, 1.165) is 0 Å². The number of hydrogen-bond acceptors (Lipinski definition) is 0. The van der Waals surface area contributed by atoms with Crippen LogP contribution in [0.5, 0.6) is 0 Å². The molecule has 0 fully saturated rings. The van der Waals surface area contributed by atoms with Gasteiger partial charge in [0, 0.05) is 22.4 Å². The van der Waals surface area contributed by atoms with Crippen LogP contribution in [0.3, 0.4) is 0 Å². The molecule has 1 heteroatoms. The Kier molecular flexibility index (Phi) is 19.8. The second-order valence-corrected chi connectivity index (χ2v) is 4.18. The first kappa shape index (κ1) is 17.1. The summed E-state index contributed by atoms with van der Waals surface area (Å²) in [6.07, 6.45) is 15.9. The van der Waals surface area contributed by atoms with Gasteiger partial charge in [0.05, 0.1) is 0 Å². The van der Waals surface area contributed by atoms with Gasteiger partial charge in [0.15, 0.2) is 0 Å². The van der Waals surface area contributed by atoms with Crippen molar-refractivity contribution in [2.75, 3.05) is 0 Å².